The fraction of sp³-hybridized carbons (Fsp3) is 0.167. The second kappa shape index (κ2) is 7.55. The molecule has 5 aromatic rings. The normalized spacial score (nSPS) is 13.4. The molecule has 4 aromatic heterocycles. The topological polar surface area (TPSA) is 81.6 Å². The molecule has 32 heavy (non-hydrogen) atoms. The number of pyridine rings is 1. The van der Waals surface area contributed by atoms with Crippen molar-refractivity contribution in [2.75, 3.05) is 0 Å². The van der Waals surface area contributed by atoms with Gasteiger partial charge in [-0.2, -0.15) is 5.10 Å². The van der Waals surface area contributed by atoms with E-state index in [9.17, 15) is 5.11 Å². The smallest absolute Gasteiger partial charge is 0.223 e. The summed E-state index contributed by atoms with van der Waals surface area (Å²) in [6.45, 7) is 1.70. The molecule has 160 valence electrons. The summed E-state index contributed by atoms with van der Waals surface area (Å²) in [5.41, 5.74) is 4.04. The molecule has 0 spiro atoms. The molecule has 0 aliphatic rings. The predicted octanol–water partition coefficient (Wildman–Crippen LogP) is 4.34. The lowest BCUT2D eigenvalue weighted by atomic mass is 9.91. The average molecular weight is 445 g/mol. The van der Waals surface area contributed by atoms with Gasteiger partial charge < -0.3 is 9.67 Å². The number of halogens is 1. The van der Waals surface area contributed by atoms with Crippen molar-refractivity contribution in [1.29, 1.82) is 0 Å². The van der Waals surface area contributed by atoms with Crippen LogP contribution in [-0.4, -0.2) is 34.4 Å². The van der Waals surface area contributed by atoms with Gasteiger partial charge in [-0.3, -0.25) is 4.68 Å². The second-order valence-electron chi connectivity index (χ2n) is 8.00. The van der Waals surface area contributed by atoms with Crippen molar-refractivity contribution in [3.8, 4) is 22.4 Å². The fourth-order valence-corrected chi connectivity index (χ4v) is 4.09. The first kappa shape index (κ1) is 20.4. The van der Waals surface area contributed by atoms with Gasteiger partial charge in [-0.1, -0.05) is 30.3 Å². The zero-order chi connectivity index (χ0) is 22.5. The molecule has 1 N–H and O–H groups in total. The Morgan fingerprint density at radius 2 is 1.75 bits per heavy atom. The molecule has 0 aliphatic heterocycles. The van der Waals surface area contributed by atoms with E-state index in [4.69, 9.17) is 11.6 Å². The number of aliphatic hydroxyl groups is 1. The number of rotatable bonds is 4. The van der Waals surface area contributed by atoms with Gasteiger partial charge in [-0.05, 0) is 36.2 Å². The van der Waals surface area contributed by atoms with Crippen LogP contribution in [0.25, 0.3) is 33.4 Å². The minimum absolute atomic E-state index is 0.0714. The highest BCUT2D eigenvalue weighted by Gasteiger charge is 2.29. The highest BCUT2D eigenvalue weighted by molar-refractivity contribution is 6.28. The van der Waals surface area contributed by atoms with Crippen LogP contribution in [0.5, 0.6) is 0 Å². The van der Waals surface area contributed by atoms with Crippen molar-refractivity contribution in [2.45, 2.75) is 12.5 Å². The van der Waals surface area contributed by atoms with E-state index in [-0.39, 0.29) is 5.28 Å². The zero-order valence-corrected chi connectivity index (χ0v) is 18.6. The lowest BCUT2D eigenvalue weighted by Gasteiger charge is -2.23. The van der Waals surface area contributed by atoms with E-state index in [1.54, 1.807) is 17.7 Å². The molecular weight excluding hydrogens is 424 g/mol. The SMILES string of the molecule is Cn1cc(-c2cnc3c(c2)c(-c2cc(C(C)(O)c4ccccc4)nc(Cl)n2)cn3C)cn1. The maximum atomic E-state index is 11.3. The van der Waals surface area contributed by atoms with Gasteiger partial charge in [-0.25, -0.2) is 15.0 Å². The summed E-state index contributed by atoms with van der Waals surface area (Å²) < 4.78 is 3.70. The lowest BCUT2D eigenvalue weighted by molar-refractivity contribution is 0.0973. The summed E-state index contributed by atoms with van der Waals surface area (Å²) in [7, 11) is 3.82. The number of hydrogen-bond acceptors (Lipinski definition) is 5. The van der Waals surface area contributed by atoms with E-state index in [2.05, 4.69) is 26.1 Å². The van der Waals surface area contributed by atoms with Crippen LogP contribution in [0.15, 0.2) is 67.3 Å². The van der Waals surface area contributed by atoms with E-state index in [0.29, 0.717) is 11.4 Å². The molecule has 4 heterocycles. The molecule has 0 bridgehead atoms. The minimum atomic E-state index is -1.33. The van der Waals surface area contributed by atoms with Gasteiger partial charge in [0.1, 0.15) is 11.2 Å². The average Bonchev–Trinajstić information content (AvgIpc) is 3.37. The first-order valence-electron chi connectivity index (χ1n) is 10.1. The van der Waals surface area contributed by atoms with Crippen LogP contribution >= 0.6 is 11.6 Å². The van der Waals surface area contributed by atoms with Gasteiger partial charge in [0.2, 0.25) is 5.28 Å². The summed E-state index contributed by atoms with van der Waals surface area (Å²) in [6.07, 6.45) is 7.55. The van der Waals surface area contributed by atoms with Gasteiger partial charge in [0.25, 0.3) is 0 Å². The third-order valence-corrected chi connectivity index (χ3v) is 5.83. The van der Waals surface area contributed by atoms with Crippen LogP contribution in [0.2, 0.25) is 5.28 Å². The van der Waals surface area contributed by atoms with Gasteiger partial charge >= 0.3 is 0 Å². The van der Waals surface area contributed by atoms with Crippen molar-refractivity contribution in [2.24, 2.45) is 14.1 Å². The number of aromatic nitrogens is 6. The third kappa shape index (κ3) is 3.45. The molecule has 0 saturated heterocycles. The molecule has 0 radical (unpaired) electrons. The van der Waals surface area contributed by atoms with E-state index < -0.39 is 5.60 Å². The Morgan fingerprint density at radius 3 is 2.47 bits per heavy atom. The van der Waals surface area contributed by atoms with Crippen LogP contribution < -0.4 is 0 Å². The fourth-order valence-electron chi connectivity index (χ4n) is 3.91. The van der Waals surface area contributed by atoms with Gasteiger partial charge in [0.15, 0.2) is 0 Å². The quantitative estimate of drug-likeness (QED) is 0.417. The number of nitrogens with zero attached hydrogens (tertiary/aromatic N) is 6. The van der Waals surface area contributed by atoms with E-state index in [1.807, 2.05) is 73.8 Å². The summed E-state index contributed by atoms with van der Waals surface area (Å²) in [5.74, 6) is 0. The second-order valence-corrected chi connectivity index (χ2v) is 8.34. The van der Waals surface area contributed by atoms with E-state index >= 15 is 0 Å². The summed E-state index contributed by atoms with van der Waals surface area (Å²) in [5, 5.41) is 16.5. The molecule has 8 heteroatoms. The highest BCUT2D eigenvalue weighted by atomic mass is 35.5. The Kier molecular flexibility index (Phi) is 4.80. The van der Waals surface area contributed by atoms with Crippen molar-refractivity contribution < 1.29 is 5.11 Å². The molecule has 1 atom stereocenters. The van der Waals surface area contributed by atoms with Crippen LogP contribution in [0.3, 0.4) is 0 Å². The third-order valence-electron chi connectivity index (χ3n) is 5.66. The summed E-state index contributed by atoms with van der Waals surface area (Å²) in [6, 6.07) is 13.2. The molecule has 0 fully saturated rings. The van der Waals surface area contributed by atoms with Crippen LogP contribution in [-0.2, 0) is 19.7 Å². The number of aryl methyl sites for hydroxylation is 2. The van der Waals surface area contributed by atoms with Gasteiger partial charge in [-0.15, -0.1) is 0 Å². The summed E-state index contributed by atoms with van der Waals surface area (Å²) in [4.78, 5) is 13.5. The Morgan fingerprint density at radius 1 is 0.969 bits per heavy atom. The largest absolute Gasteiger partial charge is 0.379 e. The van der Waals surface area contributed by atoms with Crippen LogP contribution in [0.4, 0.5) is 0 Å². The van der Waals surface area contributed by atoms with Gasteiger partial charge in [0, 0.05) is 54.8 Å². The molecule has 7 nitrogen and oxygen atoms in total. The first-order valence-corrected chi connectivity index (χ1v) is 10.5. The molecule has 5 rings (SSSR count). The van der Waals surface area contributed by atoms with Gasteiger partial charge in [0.05, 0.1) is 17.6 Å². The van der Waals surface area contributed by atoms with Crippen molar-refractivity contribution >= 4 is 22.6 Å². The predicted molar refractivity (Wildman–Crippen MR) is 124 cm³/mol. The highest BCUT2D eigenvalue weighted by Crippen LogP contribution is 2.35. The molecule has 0 aliphatic carbocycles. The molecule has 0 saturated carbocycles. The van der Waals surface area contributed by atoms with Crippen molar-refractivity contribution in [3.05, 3.63) is 83.8 Å². The Bertz CT molecular complexity index is 1440. The lowest BCUT2D eigenvalue weighted by Crippen LogP contribution is -2.24. The standard InChI is InChI=1S/C24H21ClN6O/c1-24(32,17-7-5-4-6-8-17)21-10-20(28-23(25)29-21)19-14-30(2)22-18(19)9-15(11-26-22)16-12-27-31(3)13-16/h4-14,32H,1-3H3. The van der Waals surface area contributed by atoms with Crippen LogP contribution in [0, 0.1) is 0 Å². The number of benzene rings is 1. The maximum absolute atomic E-state index is 11.3. The van der Waals surface area contributed by atoms with E-state index in [0.717, 1.165) is 33.3 Å². The Labute approximate surface area is 190 Å². The van der Waals surface area contributed by atoms with Crippen molar-refractivity contribution in [1.82, 2.24) is 29.3 Å². The Balaban J connectivity index is 1.67. The van der Waals surface area contributed by atoms with Crippen LogP contribution in [0.1, 0.15) is 18.2 Å². The summed E-state index contributed by atoms with van der Waals surface area (Å²) >= 11 is 6.31. The van der Waals surface area contributed by atoms with Crippen molar-refractivity contribution in [3.63, 3.8) is 0 Å². The zero-order valence-electron chi connectivity index (χ0n) is 17.9. The van der Waals surface area contributed by atoms with E-state index in [1.165, 1.54) is 0 Å². The number of fused-ring (bicyclic) bond motifs is 1. The monoisotopic (exact) mass is 444 g/mol. The first-order chi connectivity index (χ1) is 15.3. The molecular formula is C24H21ClN6O. The molecule has 1 unspecified atom stereocenters. The maximum Gasteiger partial charge on any atom is 0.223 e. The minimum Gasteiger partial charge on any atom is -0.379 e. The molecule has 1 aromatic carbocycles. The Hall–Kier alpha value is -3.55. The number of hydrogen-bond donors (Lipinski definition) is 1. The molecule has 0 amide bonds.